The van der Waals surface area contributed by atoms with Crippen LogP contribution in [0.2, 0.25) is 0 Å². The fraction of sp³-hybridized carbons (Fsp3) is 0. The average molecular weight is 339 g/mol. The quantitative estimate of drug-likeness (QED) is 0.554. The van der Waals surface area contributed by atoms with Gasteiger partial charge in [-0.05, 0) is 45.6 Å². The number of rotatable bonds is 2. The number of thiophene rings is 1. The predicted molar refractivity (Wildman–Crippen MR) is 78.3 cm³/mol. The van der Waals surface area contributed by atoms with Gasteiger partial charge in [0.1, 0.15) is 10.6 Å². The van der Waals surface area contributed by atoms with Gasteiger partial charge in [0.15, 0.2) is 11.6 Å². The molecule has 0 atom stereocenters. The number of nitrogens with zero attached hydrogens (tertiary/aromatic N) is 2. The first-order chi connectivity index (χ1) is 9.19. The molecular formula is C12H8BrFN4S. The zero-order chi connectivity index (χ0) is 13.4. The number of anilines is 1. The first-order valence-electron chi connectivity index (χ1n) is 5.36. The zero-order valence-corrected chi connectivity index (χ0v) is 11.9. The lowest BCUT2D eigenvalue weighted by molar-refractivity contribution is 0.621. The molecule has 0 unspecified atom stereocenters. The van der Waals surface area contributed by atoms with Crippen LogP contribution in [0.15, 0.2) is 34.1 Å². The van der Waals surface area contributed by atoms with E-state index in [1.165, 1.54) is 17.4 Å². The summed E-state index contributed by atoms with van der Waals surface area (Å²) < 4.78 is 13.6. The number of benzene rings is 1. The molecule has 0 saturated heterocycles. The minimum absolute atomic E-state index is 0.321. The van der Waals surface area contributed by atoms with E-state index in [1.807, 2.05) is 11.4 Å². The molecule has 0 bridgehead atoms. The summed E-state index contributed by atoms with van der Waals surface area (Å²) in [5, 5.41) is 2.79. The SMILES string of the molecule is NNc1nc(-c2ccc(F)c(Br)c2)nc2sccc12. The summed E-state index contributed by atoms with van der Waals surface area (Å²) in [6, 6.07) is 6.55. The van der Waals surface area contributed by atoms with Crippen LogP contribution in [0.4, 0.5) is 10.2 Å². The minimum Gasteiger partial charge on any atom is -0.308 e. The van der Waals surface area contributed by atoms with Crippen molar-refractivity contribution in [1.82, 2.24) is 9.97 Å². The Labute approximate surface area is 120 Å². The summed E-state index contributed by atoms with van der Waals surface area (Å²) >= 11 is 4.65. The van der Waals surface area contributed by atoms with E-state index in [0.717, 1.165) is 15.8 Å². The molecule has 0 saturated carbocycles. The molecule has 0 radical (unpaired) electrons. The van der Waals surface area contributed by atoms with Crippen LogP contribution in [0.1, 0.15) is 0 Å². The summed E-state index contributed by atoms with van der Waals surface area (Å²) in [5.41, 5.74) is 3.28. The highest BCUT2D eigenvalue weighted by Gasteiger charge is 2.11. The number of nitrogens with two attached hydrogens (primary N) is 1. The van der Waals surface area contributed by atoms with Crippen molar-refractivity contribution in [3.63, 3.8) is 0 Å². The maximum atomic E-state index is 13.2. The van der Waals surface area contributed by atoms with E-state index in [2.05, 4.69) is 31.3 Å². The van der Waals surface area contributed by atoms with Crippen molar-refractivity contribution in [1.29, 1.82) is 0 Å². The van der Waals surface area contributed by atoms with E-state index < -0.39 is 0 Å². The summed E-state index contributed by atoms with van der Waals surface area (Å²) in [6.07, 6.45) is 0. The number of fused-ring (bicyclic) bond motifs is 1. The van der Waals surface area contributed by atoms with E-state index in [4.69, 9.17) is 5.84 Å². The van der Waals surface area contributed by atoms with Gasteiger partial charge in [-0.2, -0.15) is 0 Å². The fourth-order valence-electron chi connectivity index (χ4n) is 1.73. The lowest BCUT2D eigenvalue weighted by atomic mass is 10.2. The van der Waals surface area contributed by atoms with Gasteiger partial charge in [-0.25, -0.2) is 20.2 Å². The first-order valence-corrected chi connectivity index (χ1v) is 7.03. The second-order valence-corrected chi connectivity index (χ2v) is 5.56. The summed E-state index contributed by atoms with van der Waals surface area (Å²) in [6.45, 7) is 0. The number of hydrazine groups is 1. The first kappa shape index (κ1) is 12.5. The van der Waals surface area contributed by atoms with Gasteiger partial charge in [-0.3, -0.25) is 0 Å². The standard InChI is InChI=1S/C12H8BrFN4S/c13-8-5-6(1-2-9(8)14)10-16-11(18-15)7-3-4-19-12(7)17-10/h1-5H,15H2,(H,16,17,18). The van der Waals surface area contributed by atoms with Gasteiger partial charge in [0.2, 0.25) is 0 Å². The second-order valence-electron chi connectivity index (χ2n) is 3.81. The molecule has 1 aromatic carbocycles. The third kappa shape index (κ3) is 2.20. The zero-order valence-electron chi connectivity index (χ0n) is 9.52. The largest absolute Gasteiger partial charge is 0.308 e. The summed E-state index contributed by atoms with van der Waals surface area (Å²) in [7, 11) is 0. The molecule has 2 aromatic heterocycles. The molecule has 3 rings (SSSR count). The van der Waals surface area contributed by atoms with Crippen molar-refractivity contribution in [3.05, 3.63) is 39.9 Å². The summed E-state index contributed by atoms with van der Waals surface area (Å²) in [5.74, 6) is 6.21. The Hall–Kier alpha value is -1.57. The van der Waals surface area contributed by atoms with Crippen molar-refractivity contribution in [2.24, 2.45) is 5.84 Å². The fourth-order valence-corrected chi connectivity index (χ4v) is 2.87. The molecule has 3 aromatic rings. The normalized spacial score (nSPS) is 10.9. The maximum Gasteiger partial charge on any atom is 0.163 e. The van der Waals surface area contributed by atoms with Crippen LogP contribution in [0.25, 0.3) is 21.6 Å². The maximum absolute atomic E-state index is 13.2. The van der Waals surface area contributed by atoms with Crippen LogP contribution >= 0.6 is 27.3 Å². The Morgan fingerprint density at radius 3 is 2.84 bits per heavy atom. The molecule has 0 spiro atoms. The molecule has 0 aliphatic rings. The van der Waals surface area contributed by atoms with Gasteiger partial charge in [0.25, 0.3) is 0 Å². The lowest BCUT2D eigenvalue weighted by Crippen LogP contribution is -2.09. The van der Waals surface area contributed by atoms with Crippen molar-refractivity contribution in [3.8, 4) is 11.4 Å². The highest BCUT2D eigenvalue weighted by atomic mass is 79.9. The third-order valence-electron chi connectivity index (χ3n) is 2.64. The summed E-state index contributed by atoms with van der Waals surface area (Å²) in [4.78, 5) is 9.63. The van der Waals surface area contributed by atoms with Crippen LogP contribution in [-0.2, 0) is 0 Å². The Balaban J connectivity index is 2.21. The molecule has 0 aliphatic heterocycles. The predicted octanol–water partition coefficient (Wildman–Crippen LogP) is 3.55. The van der Waals surface area contributed by atoms with E-state index in [-0.39, 0.29) is 5.82 Å². The van der Waals surface area contributed by atoms with Crippen molar-refractivity contribution >= 4 is 43.3 Å². The molecule has 0 fully saturated rings. The smallest absolute Gasteiger partial charge is 0.163 e. The number of halogens is 2. The van der Waals surface area contributed by atoms with E-state index in [0.29, 0.717) is 16.1 Å². The molecule has 19 heavy (non-hydrogen) atoms. The highest BCUT2D eigenvalue weighted by molar-refractivity contribution is 9.10. The molecule has 0 amide bonds. The van der Waals surface area contributed by atoms with Gasteiger partial charge in [-0.15, -0.1) is 11.3 Å². The van der Waals surface area contributed by atoms with Gasteiger partial charge in [0, 0.05) is 5.56 Å². The van der Waals surface area contributed by atoms with Crippen LogP contribution < -0.4 is 11.3 Å². The second kappa shape index (κ2) is 4.84. The highest BCUT2D eigenvalue weighted by Crippen LogP contribution is 2.29. The van der Waals surface area contributed by atoms with E-state index >= 15 is 0 Å². The molecule has 96 valence electrons. The van der Waals surface area contributed by atoms with Crippen LogP contribution in [-0.4, -0.2) is 9.97 Å². The topological polar surface area (TPSA) is 63.8 Å². The number of nitrogen functional groups attached to an aromatic ring is 1. The van der Waals surface area contributed by atoms with Crippen molar-refractivity contribution in [2.75, 3.05) is 5.43 Å². The number of hydrogen-bond acceptors (Lipinski definition) is 5. The van der Waals surface area contributed by atoms with E-state index in [1.54, 1.807) is 12.1 Å². The molecule has 4 nitrogen and oxygen atoms in total. The number of nitrogens with one attached hydrogen (secondary N) is 1. The van der Waals surface area contributed by atoms with Crippen LogP contribution in [0.3, 0.4) is 0 Å². The van der Waals surface area contributed by atoms with Crippen molar-refractivity contribution < 1.29 is 4.39 Å². The average Bonchev–Trinajstić information content (AvgIpc) is 2.89. The molecular weight excluding hydrogens is 331 g/mol. The van der Waals surface area contributed by atoms with Gasteiger partial charge < -0.3 is 5.43 Å². The Morgan fingerprint density at radius 2 is 2.11 bits per heavy atom. The van der Waals surface area contributed by atoms with Crippen LogP contribution in [0.5, 0.6) is 0 Å². The lowest BCUT2D eigenvalue weighted by Gasteiger charge is -2.06. The van der Waals surface area contributed by atoms with Gasteiger partial charge in [-0.1, -0.05) is 0 Å². The molecule has 3 N–H and O–H groups in total. The van der Waals surface area contributed by atoms with Gasteiger partial charge in [0.05, 0.1) is 9.86 Å². The minimum atomic E-state index is -0.321. The molecule has 0 aliphatic carbocycles. The third-order valence-corrected chi connectivity index (χ3v) is 4.05. The van der Waals surface area contributed by atoms with Crippen LogP contribution in [0, 0.1) is 5.82 Å². The number of aromatic nitrogens is 2. The Morgan fingerprint density at radius 1 is 1.26 bits per heavy atom. The monoisotopic (exact) mass is 338 g/mol. The Kier molecular flexibility index (Phi) is 3.17. The Bertz CT molecular complexity index is 759. The van der Waals surface area contributed by atoms with E-state index in [9.17, 15) is 4.39 Å². The molecule has 7 heteroatoms. The molecule has 2 heterocycles. The van der Waals surface area contributed by atoms with Gasteiger partial charge >= 0.3 is 0 Å². The van der Waals surface area contributed by atoms with Crippen molar-refractivity contribution in [2.45, 2.75) is 0 Å². The number of hydrogen-bond donors (Lipinski definition) is 2.